The zero-order chi connectivity index (χ0) is 12.3. The highest BCUT2D eigenvalue weighted by Crippen LogP contribution is 2.12. The molecule has 0 spiro atoms. The molecule has 1 aromatic rings. The zero-order valence-corrected chi connectivity index (χ0v) is 10.5. The van der Waals surface area contributed by atoms with E-state index in [1.165, 1.54) is 0 Å². The van der Waals surface area contributed by atoms with Crippen molar-refractivity contribution in [2.24, 2.45) is 0 Å². The highest BCUT2D eigenvalue weighted by Gasteiger charge is 2.19. The van der Waals surface area contributed by atoms with E-state index in [2.05, 4.69) is 9.97 Å². The molecular formula is C11H15ClN4O. The number of hydrogen-bond acceptors (Lipinski definition) is 4. The molecule has 0 radical (unpaired) electrons. The van der Waals surface area contributed by atoms with Crippen LogP contribution in [-0.2, 0) is 4.79 Å². The molecule has 0 saturated carbocycles. The van der Waals surface area contributed by atoms with Gasteiger partial charge in [0.15, 0.2) is 0 Å². The van der Waals surface area contributed by atoms with Gasteiger partial charge in [0.2, 0.25) is 11.2 Å². The van der Waals surface area contributed by atoms with Crippen LogP contribution >= 0.6 is 11.6 Å². The molecule has 0 atom stereocenters. The number of nitrogens with zero attached hydrogens (tertiary/aromatic N) is 4. The van der Waals surface area contributed by atoms with E-state index < -0.39 is 0 Å². The van der Waals surface area contributed by atoms with E-state index in [1.54, 1.807) is 17.2 Å². The average Bonchev–Trinajstić information content (AvgIpc) is 2.82. The Labute approximate surface area is 105 Å². The fraction of sp³-hybridized carbons (Fsp3) is 0.545. The van der Waals surface area contributed by atoms with Crippen molar-refractivity contribution in [3.05, 3.63) is 17.5 Å². The Morgan fingerprint density at radius 2 is 2.24 bits per heavy atom. The molecule has 1 aliphatic heterocycles. The van der Waals surface area contributed by atoms with Crippen molar-refractivity contribution in [1.29, 1.82) is 0 Å². The van der Waals surface area contributed by atoms with Gasteiger partial charge in [-0.1, -0.05) is 0 Å². The third-order valence-electron chi connectivity index (χ3n) is 2.83. The highest BCUT2D eigenvalue weighted by atomic mass is 35.5. The molecule has 1 aliphatic rings. The number of carbonyl (C=O) groups is 1. The lowest BCUT2D eigenvalue weighted by Crippen LogP contribution is -2.37. The van der Waals surface area contributed by atoms with Gasteiger partial charge >= 0.3 is 0 Å². The lowest BCUT2D eigenvalue weighted by molar-refractivity contribution is -0.128. The summed E-state index contributed by atoms with van der Waals surface area (Å²) in [6, 6.07) is 1.74. The van der Waals surface area contributed by atoms with Crippen LogP contribution in [-0.4, -0.2) is 47.5 Å². The maximum atomic E-state index is 11.9. The van der Waals surface area contributed by atoms with Crippen molar-refractivity contribution in [3.63, 3.8) is 0 Å². The van der Waals surface area contributed by atoms with Crippen LogP contribution in [0.25, 0.3) is 0 Å². The molecule has 1 aromatic heterocycles. The Morgan fingerprint density at radius 1 is 1.53 bits per heavy atom. The van der Waals surface area contributed by atoms with Crippen molar-refractivity contribution >= 4 is 23.3 Å². The normalized spacial score (nSPS) is 15.1. The van der Waals surface area contributed by atoms with E-state index in [4.69, 9.17) is 11.6 Å². The summed E-state index contributed by atoms with van der Waals surface area (Å²) in [7, 11) is 1.83. The number of hydrogen-bond donors (Lipinski definition) is 0. The van der Waals surface area contributed by atoms with Crippen molar-refractivity contribution in [2.45, 2.75) is 12.8 Å². The maximum Gasteiger partial charge on any atom is 0.242 e. The molecule has 0 aliphatic carbocycles. The quantitative estimate of drug-likeness (QED) is 0.761. The monoisotopic (exact) mass is 254 g/mol. The Kier molecular flexibility index (Phi) is 3.78. The lowest BCUT2D eigenvalue weighted by atomic mass is 10.4. The molecule has 92 valence electrons. The Balaban J connectivity index is 1.96. The van der Waals surface area contributed by atoms with Crippen molar-refractivity contribution < 1.29 is 4.79 Å². The Bertz CT molecular complexity index is 406. The number of likely N-dealkylation sites (N-methyl/N-ethyl adjacent to an activating group) is 1. The molecule has 2 heterocycles. The van der Waals surface area contributed by atoms with Crippen molar-refractivity contribution in [1.82, 2.24) is 14.9 Å². The van der Waals surface area contributed by atoms with Gasteiger partial charge in [-0.25, -0.2) is 9.97 Å². The number of anilines is 1. The van der Waals surface area contributed by atoms with Crippen LogP contribution in [0.4, 0.5) is 5.82 Å². The first-order chi connectivity index (χ1) is 8.16. The molecule has 5 nitrogen and oxygen atoms in total. The van der Waals surface area contributed by atoms with Crippen LogP contribution < -0.4 is 4.90 Å². The van der Waals surface area contributed by atoms with Gasteiger partial charge < -0.3 is 9.80 Å². The Hall–Kier alpha value is -1.36. The fourth-order valence-corrected chi connectivity index (χ4v) is 2.03. The maximum absolute atomic E-state index is 11.9. The summed E-state index contributed by atoms with van der Waals surface area (Å²) >= 11 is 5.71. The van der Waals surface area contributed by atoms with E-state index in [0.717, 1.165) is 25.9 Å². The largest absolute Gasteiger partial charge is 0.350 e. The van der Waals surface area contributed by atoms with Crippen molar-refractivity contribution in [2.75, 3.05) is 31.6 Å². The summed E-state index contributed by atoms with van der Waals surface area (Å²) in [6.45, 7) is 2.07. The third kappa shape index (κ3) is 3.06. The van der Waals surface area contributed by atoms with Gasteiger partial charge in [0.05, 0.1) is 6.54 Å². The molecular weight excluding hydrogens is 240 g/mol. The van der Waals surface area contributed by atoms with Crippen LogP contribution in [0, 0.1) is 0 Å². The van der Waals surface area contributed by atoms with Crippen LogP contribution in [0.1, 0.15) is 12.8 Å². The smallest absolute Gasteiger partial charge is 0.242 e. The molecule has 0 bridgehead atoms. The van der Waals surface area contributed by atoms with Crippen LogP contribution in [0.15, 0.2) is 12.3 Å². The molecule has 1 amide bonds. The van der Waals surface area contributed by atoms with E-state index in [0.29, 0.717) is 12.4 Å². The summed E-state index contributed by atoms with van der Waals surface area (Å²) in [5.41, 5.74) is 0. The van der Waals surface area contributed by atoms with E-state index in [-0.39, 0.29) is 11.2 Å². The summed E-state index contributed by atoms with van der Waals surface area (Å²) < 4.78 is 0. The first-order valence-electron chi connectivity index (χ1n) is 5.64. The van der Waals surface area contributed by atoms with Gasteiger partial charge in [-0.15, -0.1) is 0 Å². The number of rotatable bonds is 3. The lowest BCUT2D eigenvalue weighted by Gasteiger charge is -2.21. The molecule has 1 saturated heterocycles. The third-order valence-corrected chi connectivity index (χ3v) is 3.02. The van der Waals surface area contributed by atoms with Gasteiger partial charge in [-0.2, -0.15) is 0 Å². The predicted octanol–water partition coefficient (Wildman–Crippen LogP) is 1.19. The first kappa shape index (κ1) is 12.1. The van der Waals surface area contributed by atoms with E-state index in [1.807, 2.05) is 11.9 Å². The molecule has 17 heavy (non-hydrogen) atoms. The standard InChI is InChI=1S/C11H15ClN4O/c1-15(9-4-5-13-11(12)14-9)8-10(17)16-6-2-3-7-16/h4-5H,2-3,6-8H2,1H3. The molecule has 0 unspecified atom stereocenters. The van der Waals surface area contributed by atoms with Crippen molar-refractivity contribution in [3.8, 4) is 0 Å². The molecule has 0 N–H and O–H groups in total. The van der Waals surface area contributed by atoms with E-state index in [9.17, 15) is 4.79 Å². The second-order valence-corrected chi connectivity index (χ2v) is 4.47. The number of aromatic nitrogens is 2. The minimum Gasteiger partial charge on any atom is -0.350 e. The van der Waals surface area contributed by atoms with Gasteiger partial charge in [-0.3, -0.25) is 4.79 Å². The van der Waals surface area contributed by atoms with Gasteiger partial charge in [0.25, 0.3) is 0 Å². The summed E-state index contributed by atoms with van der Waals surface area (Å²) in [6.07, 6.45) is 3.80. The zero-order valence-electron chi connectivity index (χ0n) is 9.77. The van der Waals surface area contributed by atoms with E-state index >= 15 is 0 Å². The second kappa shape index (κ2) is 5.31. The van der Waals surface area contributed by atoms with Crippen LogP contribution in [0.3, 0.4) is 0 Å². The second-order valence-electron chi connectivity index (χ2n) is 4.13. The van der Waals surface area contributed by atoms with Gasteiger partial charge in [0, 0.05) is 26.3 Å². The summed E-state index contributed by atoms with van der Waals surface area (Å²) in [5, 5.41) is 0.197. The van der Waals surface area contributed by atoms with Crippen LogP contribution in [0.5, 0.6) is 0 Å². The molecule has 1 fully saturated rings. The average molecular weight is 255 g/mol. The summed E-state index contributed by atoms with van der Waals surface area (Å²) in [4.78, 5) is 23.5. The van der Waals surface area contributed by atoms with Crippen LogP contribution in [0.2, 0.25) is 5.28 Å². The number of carbonyl (C=O) groups excluding carboxylic acids is 1. The van der Waals surface area contributed by atoms with Gasteiger partial charge in [0.1, 0.15) is 5.82 Å². The molecule has 6 heteroatoms. The predicted molar refractivity (Wildman–Crippen MR) is 66.1 cm³/mol. The molecule has 2 rings (SSSR count). The van der Waals surface area contributed by atoms with Gasteiger partial charge in [-0.05, 0) is 30.5 Å². The minimum atomic E-state index is 0.139. The minimum absolute atomic E-state index is 0.139. The molecule has 0 aromatic carbocycles. The highest BCUT2D eigenvalue weighted by molar-refractivity contribution is 6.28. The summed E-state index contributed by atoms with van der Waals surface area (Å²) in [5.74, 6) is 0.803. The topological polar surface area (TPSA) is 49.3 Å². The first-order valence-corrected chi connectivity index (χ1v) is 6.02. The number of amides is 1. The number of halogens is 1. The number of likely N-dealkylation sites (tertiary alicyclic amines) is 1. The fourth-order valence-electron chi connectivity index (χ4n) is 1.89. The Morgan fingerprint density at radius 3 is 2.88 bits per heavy atom. The SMILES string of the molecule is CN(CC(=O)N1CCCC1)c1ccnc(Cl)n1.